The molecular formula is C13H10ClNO3. The molecule has 1 aliphatic heterocycles. The van der Waals surface area contributed by atoms with Gasteiger partial charge in [0.25, 0.3) is 0 Å². The summed E-state index contributed by atoms with van der Waals surface area (Å²) in [6.45, 7) is 0. The molecule has 1 aromatic carbocycles. The summed E-state index contributed by atoms with van der Waals surface area (Å²) in [7, 11) is 0. The summed E-state index contributed by atoms with van der Waals surface area (Å²) in [5.41, 5.74) is 0.602. The average molecular weight is 264 g/mol. The van der Waals surface area contributed by atoms with Gasteiger partial charge in [0.05, 0.1) is 23.2 Å². The standard InChI is InChI=1S/C13H10ClNO3/c14-8-3-1-2-7-12(8)15-9-4-6(16)5-10(17)11(9)13(7)18/h1-5,7,12,15-17H. The summed E-state index contributed by atoms with van der Waals surface area (Å²) in [4.78, 5) is 12.3. The van der Waals surface area contributed by atoms with Gasteiger partial charge in [-0.3, -0.25) is 4.79 Å². The van der Waals surface area contributed by atoms with Crippen LogP contribution in [-0.2, 0) is 0 Å². The number of halogens is 1. The van der Waals surface area contributed by atoms with Crippen LogP contribution >= 0.6 is 11.6 Å². The van der Waals surface area contributed by atoms with Gasteiger partial charge in [0, 0.05) is 17.2 Å². The third-order valence-electron chi connectivity index (χ3n) is 3.19. The van der Waals surface area contributed by atoms with Crippen LogP contribution in [0.25, 0.3) is 0 Å². The van der Waals surface area contributed by atoms with Gasteiger partial charge in [-0.05, 0) is 6.08 Å². The lowest BCUT2D eigenvalue weighted by Gasteiger charge is -2.33. The second-order valence-corrected chi connectivity index (χ2v) is 4.77. The van der Waals surface area contributed by atoms with Crippen LogP contribution < -0.4 is 5.32 Å². The van der Waals surface area contributed by atoms with E-state index in [1.54, 1.807) is 18.2 Å². The van der Waals surface area contributed by atoms with E-state index in [-0.39, 0.29) is 28.9 Å². The maximum absolute atomic E-state index is 12.3. The normalized spacial score (nSPS) is 24.9. The number of nitrogens with one attached hydrogen (secondary N) is 1. The number of hydrogen-bond acceptors (Lipinski definition) is 4. The van der Waals surface area contributed by atoms with Crippen LogP contribution in [0.1, 0.15) is 10.4 Å². The molecule has 0 spiro atoms. The zero-order chi connectivity index (χ0) is 12.9. The van der Waals surface area contributed by atoms with Crippen molar-refractivity contribution in [2.45, 2.75) is 6.04 Å². The number of rotatable bonds is 0. The summed E-state index contributed by atoms with van der Waals surface area (Å²) in [5, 5.41) is 22.8. The molecule has 0 saturated heterocycles. The van der Waals surface area contributed by atoms with E-state index in [9.17, 15) is 15.0 Å². The van der Waals surface area contributed by atoms with Crippen molar-refractivity contribution in [3.05, 3.63) is 41.0 Å². The number of Topliss-reactive ketones (excluding diaryl/α,β-unsaturated/α-hetero) is 1. The molecule has 4 nitrogen and oxygen atoms in total. The van der Waals surface area contributed by atoms with E-state index in [0.717, 1.165) is 6.07 Å². The monoisotopic (exact) mass is 263 g/mol. The van der Waals surface area contributed by atoms with E-state index in [1.165, 1.54) is 6.07 Å². The molecule has 3 N–H and O–H groups in total. The SMILES string of the molecule is O=C1c2c(O)cc(O)cc2NC2C(Cl)=CC=CC12. The van der Waals surface area contributed by atoms with Crippen molar-refractivity contribution in [1.29, 1.82) is 0 Å². The number of fused-ring (bicyclic) bond motifs is 2. The molecule has 2 atom stereocenters. The van der Waals surface area contributed by atoms with Crippen LogP contribution in [0, 0.1) is 5.92 Å². The van der Waals surface area contributed by atoms with Crippen LogP contribution in [0.3, 0.4) is 0 Å². The minimum Gasteiger partial charge on any atom is -0.508 e. The van der Waals surface area contributed by atoms with E-state index >= 15 is 0 Å². The van der Waals surface area contributed by atoms with Gasteiger partial charge < -0.3 is 15.5 Å². The number of ketones is 1. The van der Waals surface area contributed by atoms with Crippen LogP contribution in [0.5, 0.6) is 11.5 Å². The van der Waals surface area contributed by atoms with E-state index in [0.29, 0.717) is 10.7 Å². The number of benzene rings is 1. The van der Waals surface area contributed by atoms with Gasteiger partial charge in [0.15, 0.2) is 5.78 Å². The molecule has 0 aromatic heterocycles. The van der Waals surface area contributed by atoms with Gasteiger partial charge in [0.2, 0.25) is 0 Å². The number of aromatic hydroxyl groups is 2. The highest BCUT2D eigenvalue weighted by molar-refractivity contribution is 6.31. The Bertz CT molecular complexity index is 606. The molecule has 92 valence electrons. The minimum atomic E-state index is -0.426. The summed E-state index contributed by atoms with van der Waals surface area (Å²) >= 11 is 6.07. The quantitative estimate of drug-likeness (QED) is 0.672. The molecule has 0 fully saturated rings. The predicted molar refractivity (Wildman–Crippen MR) is 68.1 cm³/mol. The maximum atomic E-state index is 12.3. The molecule has 1 aromatic rings. The molecule has 18 heavy (non-hydrogen) atoms. The lowest BCUT2D eigenvalue weighted by Crippen LogP contribution is -2.39. The van der Waals surface area contributed by atoms with Crippen LogP contribution in [0.4, 0.5) is 5.69 Å². The molecule has 0 saturated carbocycles. The van der Waals surface area contributed by atoms with Gasteiger partial charge in [-0.15, -0.1) is 0 Å². The first kappa shape index (κ1) is 11.2. The maximum Gasteiger partial charge on any atom is 0.177 e. The van der Waals surface area contributed by atoms with E-state index in [2.05, 4.69) is 5.32 Å². The minimum absolute atomic E-state index is 0.101. The fourth-order valence-corrected chi connectivity index (χ4v) is 2.63. The highest BCUT2D eigenvalue weighted by atomic mass is 35.5. The second kappa shape index (κ2) is 3.78. The summed E-state index contributed by atoms with van der Waals surface area (Å²) in [5.74, 6) is -0.948. The van der Waals surface area contributed by atoms with Gasteiger partial charge in [-0.1, -0.05) is 23.8 Å². The van der Waals surface area contributed by atoms with Gasteiger partial charge in [0.1, 0.15) is 11.5 Å². The van der Waals surface area contributed by atoms with Crippen LogP contribution in [-0.4, -0.2) is 22.0 Å². The topological polar surface area (TPSA) is 69.6 Å². The fraction of sp³-hybridized carbons (Fsp3) is 0.154. The number of phenols is 2. The zero-order valence-corrected chi connectivity index (χ0v) is 9.98. The Balaban J connectivity index is 2.16. The number of carbonyl (C=O) groups excluding carboxylic acids is 1. The van der Waals surface area contributed by atoms with E-state index < -0.39 is 5.92 Å². The zero-order valence-electron chi connectivity index (χ0n) is 9.22. The molecule has 1 aliphatic carbocycles. The number of phenolic OH excluding ortho intramolecular Hbond substituents is 2. The Morgan fingerprint density at radius 3 is 2.83 bits per heavy atom. The van der Waals surface area contributed by atoms with Crippen LogP contribution in [0.15, 0.2) is 35.4 Å². The van der Waals surface area contributed by atoms with Crippen molar-refractivity contribution in [3.63, 3.8) is 0 Å². The number of anilines is 1. The largest absolute Gasteiger partial charge is 0.508 e. The fourth-order valence-electron chi connectivity index (χ4n) is 2.37. The number of carbonyl (C=O) groups is 1. The Labute approximate surface area is 108 Å². The smallest absolute Gasteiger partial charge is 0.177 e. The summed E-state index contributed by atoms with van der Waals surface area (Å²) in [6.07, 6.45) is 5.20. The first-order chi connectivity index (χ1) is 8.58. The molecule has 1 heterocycles. The third-order valence-corrected chi connectivity index (χ3v) is 3.55. The van der Waals surface area contributed by atoms with Gasteiger partial charge in [-0.2, -0.15) is 0 Å². The van der Waals surface area contributed by atoms with Crippen molar-refractivity contribution >= 4 is 23.1 Å². The predicted octanol–water partition coefficient (Wildman–Crippen LogP) is 2.38. The Hall–Kier alpha value is -1.94. The molecule has 0 radical (unpaired) electrons. The molecule has 0 bridgehead atoms. The van der Waals surface area contributed by atoms with Gasteiger partial charge in [-0.25, -0.2) is 0 Å². The molecule has 2 unspecified atom stereocenters. The first-order valence-electron chi connectivity index (χ1n) is 5.48. The van der Waals surface area contributed by atoms with Crippen molar-refractivity contribution < 1.29 is 15.0 Å². The third kappa shape index (κ3) is 1.49. The molecule has 5 heteroatoms. The van der Waals surface area contributed by atoms with Crippen molar-refractivity contribution in [3.8, 4) is 11.5 Å². The molecule has 0 amide bonds. The van der Waals surface area contributed by atoms with Crippen molar-refractivity contribution in [2.75, 3.05) is 5.32 Å². The van der Waals surface area contributed by atoms with Gasteiger partial charge >= 0.3 is 0 Å². The number of hydrogen-bond donors (Lipinski definition) is 3. The van der Waals surface area contributed by atoms with E-state index in [1.807, 2.05) is 0 Å². The van der Waals surface area contributed by atoms with Crippen molar-refractivity contribution in [2.24, 2.45) is 5.92 Å². The summed E-state index contributed by atoms with van der Waals surface area (Å²) < 4.78 is 0. The lowest BCUT2D eigenvalue weighted by molar-refractivity contribution is 0.0932. The Morgan fingerprint density at radius 1 is 1.28 bits per heavy atom. The van der Waals surface area contributed by atoms with E-state index in [4.69, 9.17) is 11.6 Å². The van der Waals surface area contributed by atoms with Crippen LogP contribution in [0.2, 0.25) is 0 Å². The highest BCUT2D eigenvalue weighted by Crippen LogP contribution is 2.41. The number of allylic oxidation sites excluding steroid dienone is 2. The molecule has 2 aliphatic rings. The Morgan fingerprint density at radius 2 is 2.06 bits per heavy atom. The summed E-state index contributed by atoms with van der Waals surface area (Å²) in [6, 6.07) is 2.23. The second-order valence-electron chi connectivity index (χ2n) is 4.34. The van der Waals surface area contributed by atoms with Crippen molar-refractivity contribution in [1.82, 2.24) is 0 Å². The molecular weight excluding hydrogens is 254 g/mol. The average Bonchev–Trinajstić information content (AvgIpc) is 2.30. The highest BCUT2D eigenvalue weighted by Gasteiger charge is 2.38. The lowest BCUT2D eigenvalue weighted by atomic mass is 9.83. The molecule has 3 rings (SSSR count). The first-order valence-corrected chi connectivity index (χ1v) is 5.86. The Kier molecular flexibility index (Phi) is 2.35.